The third-order valence-corrected chi connectivity index (χ3v) is 8.10. The SMILES string of the molecule is CC(=O)Nc1nc(C2(C(=O)NCc3cc(CF)cc(C(F)(F)F)c3)CCC(N3CCCCCC3)C2)cs1. The van der Waals surface area contributed by atoms with Crippen molar-refractivity contribution in [2.75, 3.05) is 18.4 Å². The maximum atomic E-state index is 13.8. The van der Waals surface area contributed by atoms with Crippen LogP contribution in [0.5, 0.6) is 0 Å². The molecule has 0 radical (unpaired) electrons. The predicted molar refractivity (Wildman–Crippen MR) is 134 cm³/mol. The fraction of sp³-hybridized carbons (Fsp3) is 0.577. The zero-order valence-electron chi connectivity index (χ0n) is 20.8. The van der Waals surface area contributed by atoms with Crippen LogP contribution < -0.4 is 10.6 Å². The summed E-state index contributed by atoms with van der Waals surface area (Å²) in [4.78, 5) is 32.3. The average Bonchev–Trinajstić information content (AvgIpc) is 3.42. The second-order valence-electron chi connectivity index (χ2n) is 10.0. The van der Waals surface area contributed by atoms with Crippen molar-refractivity contribution >= 4 is 28.3 Å². The predicted octanol–water partition coefficient (Wildman–Crippen LogP) is 5.57. The molecule has 2 aliphatic rings. The zero-order valence-corrected chi connectivity index (χ0v) is 21.6. The minimum absolute atomic E-state index is 0.0877. The van der Waals surface area contributed by atoms with E-state index in [1.54, 1.807) is 5.38 Å². The molecular weight excluding hydrogens is 508 g/mol. The van der Waals surface area contributed by atoms with Crippen molar-refractivity contribution in [1.29, 1.82) is 0 Å². The van der Waals surface area contributed by atoms with Crippen LogP contribution in [0.3, 0.4) is 0 Å². The number of nitrogens with zero attached hydrogens (tertiary/aromatic N) is 2. The van der Waals surface area contributed by atoms with Gasteiger partial charge in [-0.25, -0.2) is 9.37 Å². The topological polar surface area (TPSA) is 74.3 Å². The monoisotopic (exact) mass is 540 g/mol. The molecule has 2 fully saturated rings. The van der Waals surface area contributed by atoms with Crippen LogP contribution in [0.1, 0.15) is 74.3 Å². The largest absolute Gasteiger partial charge is 0.416 e. The van der Waals surface area contributed by atoms with Gasteiger partial charge in [0, 0.05) is 24.9 Å². The van der Waals surface area contributed by atoms with E-state index in [1.165, 1.54) is 37.2 Å². The average molecular weight is 541 g/mol. The highest BCUT2D eigenvalue weighted by atomic mass is 32.1. The van der Waals surface area contributed by atoms with Crippen molar-refractivity contribution in [2.45, 2.75) is 82.7 Å². The van der Waals surface area contributed by atoms with E-state index >= 15 is 0 Å². The highest BCUT2D eigenvalue weighted by Gasteiger charge is 2.49. The molecule has 1 aromatic carbocycles. The number of carbonyl (C=O) groups is 2. The minimum atomic E-state index is -4.61. The lowest BCUT2D eigenvalue weighted by molar-refractivity contribution is -0.137. The van der Waals surface area contributed by atoms with Gasteiger partial charge in [-0.2, -0.15) is 13.2 Å². The van der Waals surface area contributed by atoms with E-state index in [4.69, 9.17) is 0 Å². The smallest absolute Gasteiger partial charge is 0.351 e. The third kappa shape index (κ3) is 6.49. The number of alkyl halides is 4. The molecule has 11 heteroatoms. The quantitative estimate of drug-likeness (QED) is 0.450. The van der Waals surface area contributed by atoms with Crippen molar-refractivity contribution < 1.29 is 27.2 Å². The summed E-state index contributed by atoms with van der Waals surface area (Å²) in [6.07, 6.45) is 1.89. The van der Waals surface area contributed by atoms with E-state index in [9.17, 15) is 27.2 Å². The molecule has 2 heterocycles. The molecule has 4 rings (SSSR count). The first-order chi connectivity index (χ1) is 17.6. The van der Waals surface area contributed by atoms with E-state index in [0.717, 1.165) is 44.5 Å². The van der Waals surface area contributed by atoms with Crippen LogP contribution in [-0.4, -0.2) is 40.8 Å². The first-order valence-electron chi connectivity index (χ1n) is 12.6. The summed E-state index contributed by atoms with van der Waals surface area (Å²) in [5.74, 6) is -0.579. The van der Waals surface area contributed by atoms with Gasteiger partial charge in [-0.05, 0) is 68.5 Å². The summed E-state index contributed by atoms with van der Waals surface area (Å²) in [6.45, 7) is 2.15. The van der Waals surface area contributed by atoms with Crippen LogP contribution in [0.2, 0.25) is 0 Å². The van der Waals surface area contributed by atoms with E-state index in [2.05, 4.69) is 20.5 Å². The van der Waals surface area contributed by atoms with Crippen LogP contribution in [0.25, 0.3) is 0 Å². The second kappa shape index (κ2) is 11.5. The Morgan fingerprint density at radius 3 is 2.49 bits per heavy atom. The number of likely N-dealkylation sites (tertiary alicyclic amines) is 1. The molecule has 1 aromatic heterocycles. The summed E-state index contributed by atoms with van der Waals surface area (Å²) in [7, 11) is 0. The molecule has 1 saturated carbocycles. The van der Waals surface area contributed by atoms with Gasteiger partial charge in [0.1, 0.15) is 6.67 Å². The molecular formula is C26H32F4N4O2S. The van der Waals surface area contributed by atoms with Gasteiger partial charge in [0.2, 0.25) is 11.8 Å². The highest BCUT2D eigenvalue weighted by molar-refractivity contribution is 7.14. The fourth-order valence-corrected chi connectivity index (χ4v) is 6.36. The van der Waals surface area contributed by atoms with E-state index in [1.807, 2.05) is 0 Å². The standard InChI is InChI=1S/C26H32F4N4O2S/c1-17(35)32-24-33-22(16-37-24)25(7-6-21(13-25)34-8-4-2-3-5-9-34)23(36)31-15-19-10-18(14-27)11-20(12-19)26(28,29)30/h10-12,16,21H,2-9,13-15H2,1H3,(H,31,36)(H,32,33,35). The molecule has 2 unspecified atom stereocenters. The molecule has 6 nitrogen and oxygen atoms in total. The molecule has 1 saturated heterocycles. The van der Waals surface area contributed by atoms with Gasteiger partial charge in [0.05, 0.1) is 16.7 Å². The van der Waals surface area contributed by atoms with Crippen LogP contribution >= 0.6 is 11.3 Å². The minimum Gasteiger partial charge on any atom is -0.351 e. The van der Waals surface area contributed by atoms with E-state index < -0.39 is 23.8 Å². The van der Waals surface area contributed by atoms with Crippen LogP contribution in [0.15, 0.2) is 23.6 Å². The number of hydrogen-bond acceptors (Lipinski definition) is 5. The van der Waals surface area contributed by atoms with Gasteiger partial charge in [0.25, 0.3) is 0 Å². The number of aromatic nitrogens is 1. The first-order valence-corrected chi connectivity index (χ1v) is 13.5. The van der Waals surface area contributed by atoms with Gasteiger partial charge in [-0.1, -0.05) is 18.9 Å². The molecule has 37 heavy (non-hydrogen) atoms. The maximum Gasteiger partial charge on any atom is 0.416 e. The summed E-state index contributed by atoms with van der Waals surface area (Å²) in [6, 6.07) is 3.27. The van der Waals surface area contributed by atoms with Crippen LogP contribution in [0, 0.1) is 0 Å². The molecule has 1 aliphatic carbocycles. The Hall–Kier alpha value is -2.53. The van der Waals surface area contributed by atoms with Gasteiger partial charge >= 0.3 is 6.18 Å². The molecule has 202 valence electrons. The summed E-state index contributed by atoms with van der Waals surface area (Å²) in [5, 5.41) is 7.67. The Morgan fingerprint density at radius 2 is 1.84 bits per heavy atom. The number of rotatable bonds is 7. The van der Waals surface area contributed by atoms with E-state index in [-0.39, 0.29) is 35.5 Å². The van der Waals surface area contributed by atoms with Gasteiger partial charge in [-0.15, -0.1) is 11.3 Å². The van der Waals surface area contributed by atoms with Crippen molar-refractivity contribution in [3.8, 4) is 0 Å². The Morgan fingerprint density at radius 1 is 1.14 bits per heavy atom. The number of nitrogens with one attached hydrogen (secondary N) is 2. The van der Waals surface area contributed by atoms with Gasteiger partial charge < -0.3 is 15.5 Å². The van der Waals surface area contributed by atoms with E-state index in [0.29, 0.717) is 23.7 Å². The lowest BCUT2D eigenvalue weighted by Gasteiger charge is -2.30. The Balaban J connectivity index is 1.58. The summed E-state index contributed by atoms with van der Waals surface area (Å²) >= 11 is 1.24. The van der Waals surface area contributed by atoms with Crippen LogP contribution in [-0.2, 0) is 34.4 Å². The Kier molecular flexibility index (Phi) is 8.52. The normalized spacial score (nSPS) is 23.0. The molecule has 1 aliphatic heterocycles. The number of amides is 2. The maximum absolute atomic E-state index is 13.8. The molecule has 2 amide bonds. The molecule has 2 aromatic rings. The number of thiazole rings is 1. The lowest BCUT2D eigenvalue weighted by atomic mass is 9.81. The summed E-state index contributed by atoms with van der Waals surface area (Å²) < 4.78 is 53.1. The summed E-state index contributed by atoms with van der Waals surface area (Å²) in [5.41, 5.74) is -1.25. The number of carbonyl (C=O) groups excluding carboxylic acids is 2. The highest BCUT2D eigenvalue weighted by Crippen LogP contribution is 2.44. The zero-order chi connectivity index (χ0) is 26.6. The number of hydrogen-bond donors (Lipinski definition) is 2. The molecule has 2 atom stereocenters. The van der Waals surface area contributed by atoms with Crippen molar-refractivity contribution in [1.82, 2.24) is 15.2 Å². The molecule has 2 N–H and O–H groups in total. The fourth-order valence-electron chi connectivity index (χ4n) is 5.51. The van der Waals surface area contributed by atoms with Gasteiger partial charge in [-0.3, -0.25) is 9.59 Å². The Labute approximate surface area is 217 Å². The molecule has 0 bridgehead atoms. The lowest BCUT2D eigenvalue weighted by Crippen LogP contribution is -2.44. The number of benzene rings is 1. The van der Waals surface area contributed by atoms with Crippen molar-refractivity contribution in [3.63, 3.8) is 0 Å². The van der Waals surface area contributed by atoms with Gasteiger partial charge in [0.15, 0.2) is 5.13 Å². The second-order valence-corrected chi connectivity index (χ2v) is 10.9. The third-order valence-electron chi connectivity index (χ3n) is 7.34. The van der Waals surface area contributed by atoms with Crippen molar-refractivity contribution in [2.24, 2.45) is 0 Å². The van der Waals surface area contributed by atoms with Crippen LogP contribution in [0.4, 0.5) is 22.7 Å². The van der Waals surface area contributed by atoms with Crippen molar-refractivity contribution in [3.05, 3.63) is 46.0 Å². The number of halogens is 4. The Bertz CT molecular complexity index is 1110. The number of anilines is 1. The first kappa shape index (κ1) is 27.5. The molecule has 0 spiro atoms.